The lowest BCUT2D eigenvalue weighted by Gasteiger charge is -2.43. The number of H-pyrrole nitrogens is 1. The molecule has 7 heteroatoms. The van der Waals surface area contributed by atoms with Crippen LogP contribution in [0.1, 0.15) is 39.2 Å². The molecule has 0 unspecified atom stereocenters. The molecule has 0 fully saturated rings. The van der Waals surface area contributed by atoms with Crippen LogP contribution in [0, 0.1) is 0 Å². The normalized spacial score (nSPS) is 13.0. The van der Waals surface area contributed by atoms with Gasteiger partial charge in [-0.25, -0.2) is 0 Å². The second-order valence-electron chi connectivity index (χ2n) is 11.2. The minimum absolute atomic E-state index is 0.0799. The van der Waals surface area contributed by atoms with E-state index < -0.39 is 8.32 Å². The van der Waals surface area contributed by atoms with Gasteiger partial charge in [0, 0.05) is 47.5 Å². The number of aromatic nitrogens is 4. The lowest BCUT2D eigenvalue weighted by molar-refractivity contribution is 0.278. The SMILES string of the molecule is C[C@H](CO[Si](c1ccccc1)(c1ccccc1)C(C)(C)C)c1cc(Cl)cc(-c2[nH]ncc2-c2cnn(C)c2)c1. The van der Waals surface area contributed by atoms with Crippen molar-refractivity contribution >= 4 is 30.3 Å². The lowest BCUT2D eigenvalue weighted by Crippen LogP contribution is -2.66. The van der Waals surface area contributed by atoms with Crippen molar-refractivity contribution in [2.45, 2.75) is 38.7 Å². The molecule has 0 radical (unpaired) electrons. The number of nitrogens with one attached hydrogen (secondary N) is 1. The van der Waals surface area contributed by atoms with Crippen molar-refractivity contribution in [1.82, 2.24) is 20.0 Å². The van der Waals surface area contributed by atoms with Crippen LogP contribution in [0.2, 0.25) is 10.1 Å². The molecule has 0 saturated carbocycles. The number of aromatic amines is 1. The van der Waals surface area contributed by atoms with Crippen LogP contribution in [-0.4, -0.2) is 34.9 Å². The predicted octanol–water partition coefficient (Wildman–Crippen LogP) is 6.81. The molecule has 200 valence electrons. The Morgan fingerprint density at radius 2 is 1.56 bits per heavy atom. The van der Waals surface area contributed by atoms with E-state index in [2.05, 4.69) is 110 Å². The van der Waals surface area contributed by atoms with Crippen molar-refractivity contribution in [2.24, 2.45) is 7.05 Å². The predicted molar refractivity (Wildman–Crippen MR) is 163 cm³/mol. The first kappa shape index (κ1) is 27.1. The highest BCUT2D eigenvalue weighted by Gasteiger charge is 2.50. The number of aryl methyl sites for hydroxylation is 1. The van der Waals surface area contributed by atoms with Crippen LogP contribution >= 0.6 is 11.6 Å². The number of hydrogen-bond acceptors (Lipinski definition) is 3. The van der Waals surface area contributed by atoms with Crippen LogP contribution in [-0.2, 0) is 11.5 Å². The summed E-state index contributed by atoms with van der Waals surface area (Å²) in [5.74, 6) is 0.119. The maximum absolute atomic E-state index is 7.21. The molecule has 2 aromatic heterocycles. The van der Waals surface area contributed by atoms with Crippen LogP contribution in [0.25, 0.3) is 22.4 Å². The Bertz CT molecular complexity index is 1500. The van der Waals surface area contributed by atoms with Gasteiger partial charge in [-0.15, -0.1) is 0 Å². The summed E-state index contributed by atoms with van der Waals surface area (Å²) in [6.45, 7) is 9.70. The topological polar surface area (TPSA) is 55.7 Å². The fourth-order valence-electron chi connectivity index (χ4n) is 5.43. The average molecular weight is 555 g/mol. The minimum Gasteiger partial charge on any atom is -0.407 e. The summed E-state index contributed by atoms with van der Waals surface area (Å²) in [5, 5.41) is 15.0. The van der Waals surface area contributed by atoms with E-state index in [1.54, 1.807) is 4.68 Å². The molecule has 0 bridgehead atoms. The van der Waals surface area contributed by atoms with E-state index in [0.717, 1.165) is 27.9 Å². The average Bonchev–Trinajstić information content (AvgIpc) is 3.58. The highest BCUT2D eigenvalue weighted by atomic mass is 35.5. The Morgan fingerprint density at radius 3 is 2.13 bits per heavy atom. The lowest BCUT2D eigenvalue weighted by atomic mass is 9.97. The van der Waals surface area contributed by atoms with Gasteiger partial charge in [0.2, 0.25) is 0 Å². The first-order valence-electron chi connectivity index (χ1n) is 13.3. The molecule has 1 N–H and O–H groups in total. The van der Waals surface area contributed by atoms with Gasteiger partial charge in [-0.2, -0.15) is 10.2 Å². The summed E-state index contributed by atoms with van der Waals surface area (Å²) in [6.07, 6.45) is 5.67. The number of halogens is 1. The summed E-state index contributed by atoms with van der Waals surface area (Å²) in [4.78, 5) is 0. The summed E-state index contributed by atoms with van der Waals surface area (Å²) in [7, 11) is -0.723. The number of benzene rings is 3. The van der Waals surface area contributed by atoms with E-state index in [9.17, 15) is 0 Å². The Labute approximate surface area is 237 Å². The first-order chi connectivity index (χ1) is 18.7. The van der Waals surface area contributed by atoms with Crippen molar-refractivity contribution in [3.63, 3.8) is 0 Å². The molecule has 5 aromatic rings. The van der Waals surface area contributed by atoms with E-state index in [1.165, 1.54) is 10.4 Å². The van der Waals surface area contributed by atoms with Crippen LogP contribution in [0.5, 0.6) is 0 Å². The smallest absolute Gasteiger partial charge is 0.261 e. The summed E-state index contributed by atoms with van der Waals surface area (Å²) < 4.78 is 9.00. The van der Waals surface area contributed by atoms with E-state index in [-0.39, 0.29) is 11.0 Å². The number of hydrogen-bond donors (Lipinski definition) is 1. The molecule has 0 saturated heterocycles. The standard InChI is InChI=1S/C32H35ClN4OSi/c1-23(22-38-39(32(2,3)4,28-12-8-6-9-13-28)29-14-10-7-11-15-29)24-16-25(18-27(33)17-24)31-30(20-34-36-31)26-19-35-37(5)21-26/h6-21,23H,22H2,1-5H3,(H,34,36)/t23-/m1/s1. The van der Waals surface area contributed by atoms with Crippen LogP contribution < -0.4 is 10.4 Å². The summed E-state index contributed by atoms with van der Waals surface area (Å²) in [6, 6.07) is 27.7. The highest BCUT2D eigenvalue weighted by Crippen LogP contribution is 2.38. The Kier molecular flexibility index (Phi) is 7.63. The van der Waals surface area contributed by atoms with Crippen molar-refractivity contribution in [1.29, 1.82) is 0 Å². The van der Waals surface area contributed by atoms with Gasteiger partial charge in [0.25, 0.3) is 8.32 Å². The summed E-state index contributed by atoms with van der Waals surface area (Å²) in [5.41, 5.74) is 5.04. The van der Waals surface area contributed by atoms with Crippen molar-refractivity contribution < 1.29 is 4.43 Å². The molecule has 0 aliphatic carbocycles. The molecule has 1 atom stereocenters. The van der Waals surface area contributed by atoms with E-state index in [4.69, 9.17) is 16.0 Å². The zero-order chi connectivity index (χ0) is 27.6. The Balaban J connectivity index is 1.50. The van der Waals surface area contributed by atoms with Crippen molar-refractivity contribution in [3.8, 4) is 22.4 Å². The monoisotopic (exact) mass is 554 g/mol. The molecule has 0 amide bonds. The van der Waals surface area contributed by atoms with Gasteiger partial charge in [0.05, 0.1) is 18.1 Å². The Morgan fingerprint density at radius 1 is 0.923 bits per heavy atom. The van der Waals surface area contributed by atoms with Crippen molar-refractivity contribution in [3.05, 3.63) is 108 Å². The van der Waals surface area contributed by atoms with E-state index in [0.29, 0.717) is 11.6 Å². The number of nitrogens with zero attached hydrogens (tertiary/aromatic N) is 3. The van der Waals surface area contributed by atoms with Gasteiger partial charge >= 0.3 is 0 Å². The van der Waals surface area contributed by atoms with Crippen LogP contribution in [0.3, 0.4) is 0 Å². The van der Waals surface area contributed by atoms with Gasteiger partial charge in [0.1, 0.15) is 0 Å². The maximum atomic E-state index is 7.21. The zero-order valence-electron chi connectivity index (χ0n) is 23.1. The number of rotatable bonds is 8. The molecule has 5 rings (SSSR count). The molecule has 3 aromatic carbocycles. The maximum Gasteiger partial charge on any atom is 0.261 e. The zero-order valence-corrected chi connectivity index (χ0v) is 24.9. The van der Waals surface area contributed by atoms with E-state index in [1.807, 2.05) is 37.8 Å². The third-order valence-corrected chi connectivity index (χ3v) is 12.6. The summed E-state index contributed by atoms with van der Waals surface area (Å²) >= 11 is 6.69. The minimum atomic E-state index is -2.63. The van der Waals surface area contributed by atoms with Crippen molar-refractivity contribution in [2.75, 3.05) is 6.61 Å². The molecule has 0 spiro atoms. The van der Waals surface area contributed by atoms with Gasteiger partial charge in [-0.3, -0.25) is 9.78 Å². The third kappa shape index (κ3) is 5.37. The highest BCUT2D eigenvalue weighted by molar-refractivity contribution is 6.99. The van der Waals surface area contributed by atoms with Gasteiger partial charge < -0.3 is 4.43 Å². The Hall–Kier alpha value is -3.45. The fourth-order valence-corrected chi connectivity index (χ4v) is 10.3. The second kappa shape index (κ2) is 11.0. The van der Waals surface area contributed by atoms with Gasteiger partial charge in [-0.1, -0.05) is 100.0 Å². The molecule has 39 heavy (non-hydrogen) atoms. The quantitative estimate of drug-likeness (QED) is 0.214. The van der Waals surface area contributed by atoms with Crippen LogP contribution in [0.15, 0.2) is 97.5 Å². The molecule has 0 aliphatic rings. The molecule has 0 aliphatic heterocycles. The molecular weight excluding hydrogens is 520 g/mol. The van der Waals surface area contributed by atoms with Crippen LogP contribution in [0.4, 0.5) is 0 Å². The fraction of sp³-hybridized carbons (Fsp3) is 0.250. The largest absolute Gasteiger partial charge is 0.407 e. The third-order valence-electron chi connectivity index (χ3n) is 7.40. The first-order valence-corrected chi connectivity index (χ1v) is 15.6. The molecular formula is C32H35ClN4OSi. The van der Waals surface area contributed by atoms with E-state index >= 15 is 0 Å². The second-order valence-corrected chi connectivity index (χ2v) is 16.0. The molecule has 2 heterocycles. The molecule has 5 nitrogen and oxygen atoms in total. The van der Waals surface area contributed by atoms with Gasteiger partial charge in [-0.05, 0) is 39.2 Å². The van der Waals surface area contributed by atoms with Gasteiger partial charge in [0.15, 0.2) is 0 Å².